The summed E-state index contributed by atoms with van der Waals surface area (Å²) in [5, 5.41) is 8.45. The molecule has 0 aliphatic carbocycles. The molecule has 1 N–H and O–H groups in total. The fraction of sp³-hybridized carbons (Fsp3) is 0.429. The smallest absolute Gasteiger partial charge is 0.392 e. The number of carboxylic acids is 1. The molecule has 78 valence electrons. The van der Waals surface area contributed by atoms with Crippen LogP contribution >= 0.6 is 0 Å². The van der Waals surface area contributed by atoms with Crippen molar-refractivity contribution < 1.29 is 22.7 Å². The normalized spacial score (nSPS) is 11.5. The van der Waals surface area contributed by atoms with Crippen molar-refractivity contribution >= 4 is 15.8 Å². The van der Waals surface area contributed by atoms with Gasteiger partial charge in [-0.3, -0.25) is 0 Å². The van der Waals surface area contributed by atoms with Crippen LogP contribution in [0.4, 0.5) is 0 Å². The van der Waals surface area contributed by atoms with Crippen molar-refractivity contribution in [1.29, 1.82) is 0 Å². The van der Waals surface area contributed by atoms with Crippen molar-refractivity contribution in [3.63, 3.8) is 0 Å². The summed E-state index contributed by atoms with van der Waals surface area (Å²) in [7, 11) is -3.20. The van der Waals surface area contributed by atoms with E-state index in [0.717, 1.165) is 6.26 Å². The van der Waals surface area contributed by atoms with Crippen LogP contribution in [-0.4, -0.2) is 30.2 Å². The molecule has 0 saturated heterocycles. The van der Waals surface area contributed by atoms with Crippen molar-refractivity contribution in [3.05, 3.63) is 17.8 Å². The molecular formula is C7H9NO5S. The van der Waals surface area contributed by atoms with Crippen LogP contribution in [0.2, 0.25) is 0 Å². The summed E-state index contributed by atoms with van der Waals surface area (Å²) >= 11 is 0. The summed E-state index contributed by atoms with van der Waals surface area (Å²) < 4.78 is 26.8. The van der Waals surface area contributed by atoms with Gasteiger partial charge in [-0.1, -0.05) is 6.92 Å². The van der Waals surface area contributed by atoms with Gasteiger partial charge in [-0.15, -0.1) is 0 Å². The number of aromatic carboxylic acids is 1. The summed E-state index contributed by atoms with van der Waals surface area (Å²) in [4.78, 5) is 13.8. The second-order valence-electron chi connectivity index (χ2n) is 2.63. The van der Waals surface area contributed by atoms with Crippen molar-refractivity contribution in [1.82, 2.24) is 4.98 Å². The Morgan fingerprint density at radius 1 is 1.64 bits per heavy atom. The Hall–Kier alpha value is -1.37. The van der Waals surface area contributed by atoms with Gasteiger partial charge in [-0.05, 0) is 0 Å². The number of nitrogens with zero attached hydrogens (tertiary/aromatic N) is 1. The van der Waals surface area contributed by atoms with Gasteiger partial charge in [0, 0.05) is 5.75 Å². The first-order valence-corrected chi connectivity index (χ1v) is 5.65. The Bertz CT molecular complexity index is 433. The summed E-state index contributed by atoms with van der Waals surface area (Å²) in [5.41, 5.74) is 0.115. The van der Waals surface area contributed by atoms with Crippen LogP contribution in [0.1, 0.15) is 23.3 Å². The third-order valence-corrected chi connectivity index (χ3v) is 3.16. The second kappa shape index (κ2) is 3.79. The minimum Gasteiger partial charge on any atom is -0.474 e. The van der Waals surface area contributed by atoms with E-state index in [1.807, 2.05) is 0 Å². The third-order valence-electron chi connectivity index (χ3n) is 1.54. The lowest BCUT2D eigenvalue weighted by Gasteiger charge is -1.94. The second-order valence-corrected chi connectivity index (χ2v) is 4.98. The van der Waals surface area contributed by atoms with Gasteiger partial charge >= 0.3 is 11.9 Å². The number of oxazole rings is 1. The molecule has 1 heterocycles. The minimum atomic E-state index is -3.20. The fourth-order valence-corrected chi connectivity index (χ4v) is 1.59. The standard InChI is InChI=1S/C7H9NO5S/c1-2-14(11,12)4-5-3-13-6(8-5)7(9)10/h3H,2,4H2,1H3,(H,9,10). The van der Waals surface area contributed by atoms with Crippen molar-refractivity contribution in [2.75, 3.05) is 5.75 Å². The highest BCUT2D eigenvalue weighted by Crippen LogP contribution is 2.07. The first kappa shape index (κ1) is 10.7. The van der Waals surface area contributed by atoms with Gasteiger partial charge in [-0.25, -0.2) is 18.2 Å². The van der Waals surface area contributed by atoms with Crippen LogP contribution in [0.3, 0.4) is 0 Å². The Labute approximate surface area is 80.5 Å². The molecule has 0 aromatic carbocycles. The lowest BCUT2D eigenvalue weighted by molar-refractivity contribution is 0.0653. The van der Waals surface area contributed by atoms with E-state index >= 15 is 0 Å². The molecule has 0 saturated carbocycles. The summed E-state index contributed by atoms with van der Waals surface area (Å²) in [6.07, 6.45) is 1.04. The molecule has 0 fully saturated rings. The van der Waals surface area contributed by atoms with Crippen LogP contribution in [0.25, 0.3) is 0 Å². The number of carbonyl (C=O) groups is 1. The van der Waals surface area contributed by atoms with E-state index in [-0.39, 0.29) is 17.2 Å². The number of hydrogen-bond acceptors (Lipinski definition) is 5. The average Bonchev–Trinajstić information content (AvgIpc) is 2.52. The molecule has 0 radical (unpaired) electrons. The van der Waals surface area contributed by atoms with Crippen molar-refractivity contribution in [3.8, 4) is 0 Å². The van der Waals surface area contributed by atoms with Gasteiger partial charge in [0.05, 0.1) is 11.4 Å². The summed E-state index contributed by atoms with van der Waals surface area (Å²) in [6.45, 7) is 1.51. The molecule has 14 heavy (non-hydrogen) atoms. The van der Waals surface area contributed by atoms with Crippen LogP contribution in [0.5, 0.6) is 0 Å². The highest BCUT2D eigenvalue weighted by Gasteiger charge is 2.15. The highest BCUT2D eigenvalue weighted by molar-refractivity contribution is 7.90. The zero-order chi connectivity index (χ0) is 10.8. The Morgan fingerprint density at radius 3 is 2.71 bits per heavy atom. The maximum absolute atomic E-state index is 11.1. The lowest BCUT2D eigenvalue weighted by atomic mass is 10.6. The molecule has 1 aromatic rings. The molecule has 6 nitrogen and oxygen atoms in total. The molecular weight excluding hydrogens is 210 g/mol. The number of aromatic nitrogens is 1. The number of hydrogen-bond donors (Lipinski definition) is 1. The predicted octanol–water partition coefficient (Wildman–Crippen LogP) is 0.308. The topological polar surface area (TPSA) is 97.5 Å². The predicted molar refractivity (Wildman–Crippen MR) is 46.6 cm³/mol. The van der Waals surface area contributed by atoms with Crippen LogP contribution in [0.15, 0.2) is 10.7 Å². The van der Waals surface area contributed by atoms with Gasteiger partial charge in [0.25, 0.3) is 0 Å². The molecule has 0 amide bonds. The Kier molecular flexibility index (Phi) is 2.90. The molecule has 0 unspecified atom stereocenters. The quantitative estimate of drug-likeness (QED) is 0.782. The van der Waals surface area contributed by atoms with E-state index < -0.39 is 21.7 Å². The maximum atomic E-state index is 11.1. The highest BCUT2D eigenvalue weighted by atomic mass is 32.2. The van der Waals surface area contributed by atoms with Gasteiger partial charge in [-0.2, -0.15) is 0 Å². The molecule has 0 aliphatic heterocycles. The SMILES string of the molecule is CCS(=O)(=O)Cc1coc(C(=O)O)n1. The van der Waals surface area contributed by atoms with E-state index in [0.29, 0.717) is 0 Å². The van der Waals surface area contributed by atoms with Gasteiger partial charge < -0.3 is 9.52 Å². The van der Waals surface area contributed by atoms with E-state index in [9.17, 15) is 13.2 Å². The maximum Gasteiger partial charge on any atom is 0.392 e. The van der Waals surface area contributed by atoms with E-state index in [1.54, 1.807) is 0 Å². The third kappa shape index (κ3) is 2.56. The molecule has 0 spiro atoms. The van der Waals surface area contributed by atoms with Crippen molar-refractivity contribution in [2.45, 2.75) is 12.7 Å². The number of rotatable bonds is 4. The van der Waals surface area contributed by atoms with Gasteiger partial charge in [0.2, 0.25) is 0 Å². The molecule has 0 bridgehead atoms. The van der Waals surface area contributed by atoms with Crippen LogP contribution < -0.4 is 0 Å². The van der Waals surface area contributed by atoms with E-state index in [1.165, 1.54) is 6.92 Å². The number of carboxylic acid groups (broad SMARTS) is 1. The first-order chi connectivity index (χ1) is 6.44. The lowest BCUT2D eigenvalue weighted by Crippen LogP contribution is -2.07. The van der Waals surface area contributed by atoms with Crippen LogP contribution in [0, 0.1) is 0 Å². The summed E-state index contributed by atoms with van der Waals surface area (Å²) in [6, 6.07) is 0. The average molecular weight is 219 g/mol. The molecule has 7 heteroatoms. The monoisotopic (exact) mass is 219 g/mol. The molecule has 0 atom stereocenters. The zero-order valence-electron chi connectivity index (χ0n) is 7.43. The van der Waals surface area contributed by atoms with E-state index in [2.05, 4.69) is 9.40 Å². The van der Waals surface area contributed by atoms with Crippen LogP contribution in [-0.2, 0) is 15.6 Å². The Balaban J connectivity index is 2.84. The minimum absolute atomic E-state index is 0.0116. The van der Waals surface area contributed by atoms with Gasteiger partial charge in [0.1, 0.15) is 6.26 Å². The molecule has 1 aromatic heterocycles. The number of sulfone groups is 1. The zero-order valence-corrected chi connectivity index (χ0v) is 8.24. The molecule has 0 aliphatic rings. The van der Waals surface area contributed by atoms with E-state index in [4.69, 9.17) is 5.11 Å². The largest absolute Gasteiger partial charge is 0.474 e. The van der Waals surface area contributed by atoms with Crippen molar-refractivity contribution in [2.24, 2.45) is 0 Å². The Morgan fingerprint density at radius 2 is 2.29 bits per heavy atom. The van der Waals surface area contributed by atoms with Gasteiger partial charge in [0.15, 0.2) is 9.84 Å². The fourth-order valence-electron chi connectivity index (χ4n) is 0.799. The summed E-state index contributed by atoms with van der Waals surface area (Å²) in [5.74, 6) is -2.11. The first-order valence-electron chi connectivity index (χ1n) is 3.82. The molecule has 1 rings (SSSR count).